The Morgan fingerprint density at radius 3 is 2.43 bits per heavy atom. The number of rotatable bonds is 9. The normalized spacial score (nSPS) is 24.0. The number of amides is 1. The number of hydrogen-bond acceptors (Lipinski definition) is 7. The van der Waals surface area contributed by atoms with Gasteiger partial charge in [-0.05, 0) is 62.1 Å². The minimum absolute atomic E-state index is 0.174. The number of benzene rings is 1. The first-order valence-electron chi connectivity index (χ1n) is 12.8. The first kappa shape index (κ1) is 28.4. The Morgan fingerprint density at radius 2 is 1.76 bits per heavy atom. The SMILES string of the molecule is O=C(NOC1CCCCCO1)C1(SN2CCC(c3ccc(OC(F)(F)C(F)F)cc3)CC2)CCOCC1. The number of carbonyl (C=O) groups excluding carboxylic acids is 1. The predicted molar refractivity (Wildman–Crippen MR) is 129 cm³/mol. The molecule has 0 aromatic heterocycles. The number of hydrogen-bond donors (Lipinski definition) is 1. The Morgan fingerprint density at radius 1 is 1.05 bits per heavy atom. The third-order valence-corrected chi connectivity index (χ3v) is 8.57. The summed E-state index contributed by atoms with van der Waals surface area (Å²) in [5.74, 6) is -0.283. The van der Waals surface area contributed by atoms with E-state index < -0.39 is 23.6 Å². The van der Waals surface area contributed by atoms with Crippen LogP contribution in [-0.2, 0) is 19.1 Å². The average Bonchev–Trinajstić information content (AvgIpc) is 3.17. The summed E-state index contributed by atoms with van der Waals surface area (Å²) < 4.78 is 67.9. The molecule has 3 aliphatic rings. The zero-order valence-electron chi connectivity index (χ0n) is 20.6. The van der Waals surface area contributed by atoms with Gasteiger partial charge in [-0.25, -0.2) is 14.6 Å². The minimum atomic E-state index is -4.52. The molecule has 0 radical (unpaired) electrons. The summed E-state index contributed by atoms with van der Waals surface area (Å²) in [6.07, 6.45) is -2.26. The number of ether oxygens (including phenoxy) is 3. The molecule has 3 saturated heterocycles. The van der Waals surface area contributed by atoms with Gasteiger partial charge in [0.25, 0.3) is 5.91 Å². The van der Waals surface area contributed by atoms with Crippen molar-refractivity contribution >= 4 is 17.9 Å². The standard InChI is InChI=1S/C25H34F4N2O5S/c26-22(27)25(28,29)35-20-7-5-18(6-8-20)19-9-13-31(14-10-19)37-24(11-16-33-17-12-24)23(32)30-36-21-4-2-1-3-15-34-21/h5-8,19,21-22H,1-4,9-17H2,(H,30,32). The van der Waals surface area contributed by atoms with Gasteiger partial charge < -0.3 is 14.2 Å². The second-order valence-electron chi connectivity index (χ2n) is 9.63. The molecule has 0 bridgehead atoms. The van der Waals surface area contributed by atoms with Crippen LogP contribution >= 0.6 is 11.9 Å². The van der Waals surface area contributed by atoms with Crippen LogP contribution in [0.3, 0.4) is 0 Å². The Labute approximate surface area is 218 Å². The minimum Gasteiger partial charge on any atom is -0.428 e. The van der Waals surface area contributed by atoms with Crippen molar-refractivity contribution in [1.82, 2.24) is 9.79 Å². The fourth-order valence-electron chi connectivity index (χ4n) is 4.79. The highest BCUT2D eigenvalue weighted by Gasteiger charge is 2.45. The number of piperidine rings is 1. The molecule has 1 unspecified atom stereocenters. The van der Waals surface area contributed by atoms with Crippen molar-refractivity contribution in [2.24, 2.45) is 0 Å². The van der Waals surface area contributed by atoms with Crippen LogP contribution in [0.2, 0.25) is 0 Å². The number of carbonyl (C=O) groups is 1. The molecule has 3 fully saturated rings. The summed E-state index contributed by atoms with van der Waals surface area (Å²) in [5.41, 5.74) is 3.60. The van der Waals surface area contributed by atoms with Crippen molar-refractivity contribution in [1.29, 1.82) is 0 Å². The maximum Gasteiger partial charge on any atom is 0.461 e. The van der Waals surface area contributed by atoms with Gasteiger partial charge in [0.15, 0.2) is 6.29 Å². The molecule has 0 aliphatic carbocycles. The lowest BCUT2D eigenvalue weighted by Gasteiger charge is -2.40. The van der Waals surface area contributed by atoms with Crippen LogP contribution in [0.15, 0.2) is 24.3 Å². The van der Waals surface area contributed by atoms with Crippen molar-refractivity contribution in [2.75, 3.05) is 32.9 Å². The van der Waals surface area contributed by atoms with Gasteiger partial charge >= 0.3 is 12.5 Å². The highest BCUT2D eigenvalue weighted by molar-refractivity contribution is 7.99. The topological polar surface area (TPSA) is 69.3 Å². The predicted octanol–water partition coefficient (Wildman–Crippen LogP) is 5.26. The quantitative estimate of drug-likeness (QED) is 0.255. The molecule has 3 aliphatic heterocycles. The molecule has 0 saturated carbocycles. The van der Waals surface area contributed by atoms with E-state index in [2.05, 4.69) is 14.5 Å². The molecule has 1 amide bonds. The van der Waals surface area contributed by atoms with Crippen molar-refractivity contribution in [2.45, 2.75) is 80.9 Å². The lowest BCUT2D eigenvalue weighted by Crippen LogP contribution is -2.51. The van der Waals surface area contributed by atoms with Gasteiger partial charge in [0.1, 0.15) is 10.5 Å². The Kier molecular flexibility index (Phi) is 9.96. The van der Waals surface area contributed by atoms with Gasteiger partial charge in [-0.2, -0.15) is 17.6 Å². The summed E-state index contributed by atoms with van der Waals surface area (Å²) in [7, 11) is 0. The molecule has 12 heteroatoms. The van der Waals surface area contributed by atoms with Crippen LogP contribution in [0.4, 0.5) is 17.6 Å². The fourth-order valence-corrected chi connectivity index (χ4v) is 6.15. The summed E-state index contributed by atoms with van der Waals surface area (Å²) in [6.45, 7) is 3.09. The van der Waals surface area contributed by atoms with Gasteiger partial charge in [0.05, 0.1) is 0 Å². The first-order chi connectivity index (χ1) is 17.8. The van der Waals surface area contributed by atoms with E-state index in [1.165, 1.54) is 12.1 Å². The van der Waals surface area contributed by atoms with Gasteiger partial charge in [0, 0.05) is 39.3 Å². The van der Waals surface area contributed by atoms with Crippen LogP contribution in [0, 0.1) is 0 Å². The smallest absolute Gasteiger partial charge is 0.428 e. The van der Waals surface area contributed by atoms with E-state index in [9.17, 15) is 22.4 Å². The largest absolute Gasteiger partial charge is 0.461 e. The van der Waals surface area contributed by atoms with E-state index in [4.69, 9.17) is 14.3 Å². The van der Waals surface area contributed by atoms with E-state index in [1.807, 2.05) is 0 Å². The lowest BCUT2D eigenvalue weighted by molar-refractivity contribution is -0.253. The highest BCUT2D eigenvalue weighted by atomic mass is 32.2. The van der Waals surface area contributed by atoms with Crippen molar-refractivity contribution in [3.63, 3.8) is 0 Å². The Balaban J connectivity index is 1.29. The summed E-state index contributed by atoms with van der Waals surface area (Å²) in [5, 5.41) is 0. The lowest BCUT2D eigenvalue weighted by atomic mass is 9.90. The second kappa shape index (κ2) is 13.0. The molecule has 3 heterocycles. The van der Waals surface area contributed by atoms with Crippen LogP contribution in [0.1, 0.15) is 62.8 Å². The van der Waals surface area contributed by atoms with Gasteiger partial charge in [-0.3, -0.25) is 4.79 Å². The first-order valence-corrected chi connectivity index (χ1v) is 13.6. The molecule has 1 atom stereocenters. The highest BCUT2D eigenvalue weighted by Crippen LogP contribution is 2.41. The fraction of sp³-hybridized carbons (Fsp3) is 0.720. The molecule has 7 nitrogen and oxygen atoms in total. The van der Waals surface area contributed by atoms with E-state index in [0.717, 1.165) is 57.2 Å². The molecule has 0 spiro atoms. The van der Waals surface area contributed by atoms with Gasteiger partial charge in [0.2, 0.25) is 0 Å². The van der Waals surface area contributed by atoms with Crippen molar-refractivity contribution in [3.05, 3.63) is 29.8 Å². The maximum atomic E-state index is 13.3. The molecule has 4 rings (SSSR count). The van der Waals surface area contributed by atoms with E-state index in [0.29, 0.717) is 32.7 Å². The Bertz CT molecular complexity index is 857. The third-order valence-electron chi connectivity index (χ3n) is 7.00. The number of alkyl halides is 4. The van der Waals surface area contributed by atoms with Crippen LogP contribution in [-0.4, -0.2) is 66.7 Å². The zero-order valence-corrected chi connectivity index (χ0v) is 21.5. The van der Waals surface area contributed by atoms with Crippen LogP contribution in [0.25, 0.3) is 0 Å². The van der Waals surface area contributed by atoms with E-state index in [1.54, 1.807) is 24.1 Å². The zero-order chi connectivity index (χ0) is 26.3. The number of nitrogens with one attached hydrogen (secondary N) is 1. The molecular weight excluding hydrogens is 516 g/mol. The third kappa shape index (κ3) is 7.72. The summed E-state index contributed by atoms with van der Waals surface area (Å²) in [6, 6.07) is 5.88. The molecule has 1 aromatic rings. The van der Waals surface area contributed by atoms with E-state index >= 15 is 0 Å². The maximum absolute atomic E-state index is 13.3. The number of nitrogens with zero attached hydrogens (tertiary/aromatic N) is 1. The van der Waals surface area contributed by atoms with Crippen molar-refractivity contribution in [3.8, 4) is 5.75 Å². The monoisotopic (exact) mass is 550 g/mol. The molecule has 37 heavy (non-hydrogen) atoms. The Hall–Kier alpha value is -1.60. The van der Waals surface area contributed by atoms with Crippen LogP contribution in [0.5, 0.6) is 5.75 Å². The molecule has 1 aromatic carbocycles. The van der Waals surface area contributed by atoms with Crippen molar-refractivity contribution < 1.29 is 41.4 Å². The molecule has 1 N–H and O–H groups in total. The van der Waals surface area contributed by atoms with Gasteiger partial charge in [-0.1, -0.05) is 30.5 Å². The summed E-state index contributed by atoms with van der Waals surface area (Å²) >= 11 is 1.54. The number of halogens is 4. The van der Waals surface area contributed by atoms with Gasteiger partial charge in [-0.15, -0.1) is 0 Å². The average molecular weight is 551 g/mol. The summed E-state index contributed by atoms with van der Waals surface area (Å²) in [4.78, 5) is 18.9. The molecule has 208 valence electrons. The van der Waals surface area contributed by atoms with E-state index in [-0.39, 0.29) is 17.6 Å². The number of hydroxylamine groups is 1. The second-order valence-corrected chi connectivity index (χ2v) is 11.1. The molecular formula is C25H34F4N2O5S. The van der Waals surface area contributed by atoms with Crippen LogP contribution < -0.4 is 10.2 Å².